The van der Waals surface area contributed by atoms with Crippen LogP contribution < -0.4 is 4.74 Å². The Balaban J connectivity index is 1.01. The molecule has 0 saturated carbocycles. The molecule has 0 radical (unpaired) electrons. The molecule has 0 N–H and O–H groups in total. The van der Waals surface area contributed by atoms with Gasteiger partial charge in [0.2, 0.25) is 5.71 Å². The summed E-state index contributed by atoms with van der Waals surface area (Å²) < 4.78 is 19.3. The molecule has 0 atom stereocenters. The first-order valence-electron chi connectivity index (χ1n) is 29.3. The first-order chi connectivity index (χ1) is 40.4. The molecule has 14 rings (SSSR count). The summed E-state index contributed by atoms with van der Waals surface area (Å²) in [5, 5.41) is 6.29. The summed E-state index contributed by atoms with van der Waals surface area (Å²) >= 11 is 0. The highest BCUT2D eigenvalue weighted by Crippen LogP contribution is 2.48. The minimum absolute atomic E-state index is 0.177. The van der Waals surface area contributed by atoms with Gasteiger partial charge < -0.3 is 9.15 Å². The molecule has 14 aromatic rings. The second-order valence-electron chi connectivity index (χ2n) is 23.5. The zero-order valence-corrected chi connectivity index (χ0v) is 48.5. The highest BCUT2D eigenvalue weighted by Gasteiger charge is 2.29. The Bertz CT molecular complexity index is 4790. The van der Waals surface area contributed by atoms with Crippen LogP contribution in [0.3, 0.4) is 0 Å². The van der Waals surface area contributed by atoms with Crippen LogP contribution in [-0.4, -0.2) is 24.1 Å². The molecule has 0 bridgehead atoms. The molecule has 0 aliphatic heterocycles. The van der Waals surface area contributed by atoms with Crippen molar-refractivity contribution in [2.24, 2.45) is 0 Å². The topological polar surface area (TPSA) is 70.9 Å². The van der Waals surface area contributed by atoms with Gasteiger partial charge in [-0.1, -0.05) is 189 Å². The molecule has 0 amide bonds. The lowest BCUT2D eigenvalue weighted by Gasteiger charge is -2.24. The van der Waals surface area contributed by atoms with E-state index < -0.39 is 0 Å². The lowest BCUT2D eigenvalue weighted by Crippen LogP contribution is -2.09. The fourth-order valence-corrected chi connectivity index (χ4v) is 12.7. The van der Waals surface area contributed by atoms with Gasteiger partial charge in [-0.3, -0.25) is 9.13 Å². The summed E-state index contributed by atoms with van der Waals surface area (Å²) in [6.45, 7) is 20.4. The number of ether oxygens (including phenoxy) is 1. The summed E-state index contributed by atoms with van der Waals surface area (Å²) in [5.41, 5.74) is 19.9. The van der Waals surface area contributed by atoms with Crippen molar-refractivity contribution in [2.75, 3.05) is 0 Å². The standard InChI is InChI=1S/C76H65N5O2/c1-44(2)59-38-53(49-23-12-10-13-24-49)39-60(45(3)4)71(59)80-67-33-20-18-31-65(67)78-74(80)52-28-22-29-55(37-52)82-56-42-63-70-69-57(36-35-51-27-16-17-30-58(51)69)48(9)77-76(70)83-73(63)64(43-56)75-79-66-32-19-21-34-68(66)81(75)72-61(46(5)6)40-54(41-62(72)47(7)8)50-25-14-11-15-26-50/h10-47H,1-9H3. The average Bonchev–Trinajstić information content (AvgIpc) is 2.62. The molecule has 0 unspecified atom stereocenters. The maximum Gasteiger partial charge on any atom is 0.228 e. The molecule has 10 aromatic carbocycles. The largest absolute Gasteiger partial charge is 0.457 e. The van der Waals surface area contributed by atoms with Crippen molar-refractivity contribution in [1.29, 1.82) is 0 Å². The number of aryl methyl sites for hydroxylation is 1. The second kappa shape index (κ2) is 20.4. The van der Waals surface area contributed by atoms with E-state index >= 15 is 0 Å². The maximum atomic E-state index is 7.33. The van der Waals surface area contributed by atoms with E-state index in [2.05, 4.69) is 272 Å². The third-order valence-corrected chi connectivity index (χ3v) is 16.8. The Labute approximate surface area is 484 Å². The molecule has 83 heavy (non-hydrogen) atoms. The molecule has 0 aliphatic carbocycles. The smallest absolute Gasteiger partial charge is 0.228 e. The second-order valence-corrected chi connectivity index (χ2v) is 23.5. The van der Waals surface area contributed by atoms with Gasteiger partial charge in [-0.2, -0.15) is 0 Å². The molecule has 0 fully saturated rings. The molecule has 7 nitrogen and oxygen atoms in total. The number of hydrogen-bond donors (Lipinski definition) is 0. The summed E-state index contributed by atoms with van der Waals surface area (Å²) in [5.74, 6) is 3.72. The zero-order chi connectivity index (χ0) is 56.8. The van der Waals surface area contributed by atoms with Gasteiger partial charge in [0.1, 0.15) is 28.7 Å². The van der Waals surface area contributed by atoms with Crippen LogP contribution in [0.1, 0.15) is 107 Å². The molecule has 0 saturated heterocycles. The monoisotopic (exact) mass is 1080 g/mol. The van der Waals surface area contributed by atoms with Gasteiger partial charge in [0.15, 0.2) is 0 Å². The van der Waals surface area contributed by atoms with E-state index in [0.717, 1.165) is 88.5 Å². The van der Waals surface area contributed by atoms with Gasteiger partial charge in [0.05, 0.1) is 44.4 Å². The van der Waals surface area contributed by atoms with Crippen LogP contribution in [0.25, 0.3) is 122 Å². The molecule has 0 aliphatic rings. The fraction of sp³-hybridized carbons (Fsp3) is 0.171. The van der Waals surface area contributed by atoms with Gasteiger partial charge in [-0.05, 0) is 159 Å². The van der Waals surface area contributed by atoms with Crippen molar-refractivity contribution in [3.05, 3.63) is 234 Å². The highest BCUT2D eigenvalue weighted by molar-refractivity contribution is 6.27. The molecule has 406 valence electrons. The van der Waals surface area contributed by atoms with E-state index in [1.807, 2.05) is 6.07 Å². The quantitative estimate of drug-likeness (QED) is 0.114. The Morgan fingerprint density at radius 3 is 1.47 bits per heavy atom. The molecule has 4 heterocycles. The minimum Gasteiger partial charge on any atom is -0.457 e. The van der Waals surface area contributed by atoms with Crippen molar-refractivity contribution in [1.82, 2.24) is 24.1 Å². The van der Waals surface area contributed by atoms with Crippen LogP contribution in [0.4, 0.5) is 0 Å². The van der Waals surface area contributed by atoms with Crippen LogP contribution in [0.15, 0.2) is 211 Å². The van der Waals surface area contributed by atoms with E-state index in [4.69, 9.17) is 24.1 Å². The average molecular weight is 1080 g/mol. The molecular weight excluding hydrogens is 1010 g/mol. The van der Waals surface area contributed by atoms with Crippen molar-refractivity contribution in [3.8, 4) is 67.9 Å². The van der Waals surface area contributed by atoms with Gasteiger partial charge in [0, 0.05) is 27.4 Å². The number of benzene rings is 10. The third-order valence-electron chi connectivity index (χ3n) is 16.8. The normalized spacial score (nSPS) is 12.1. The Hall–Kier alpha value is -9.59. The van der Waals surface area contributed by atoms with Gasteiger partial charge >= 0.3 is 0 Å². The van der Waals surface area contributed by atoms with Crippen LogP contribution >= 0.6 is 0 Å². The number of fused-ring (bicyclic) bond motifs is 9. The molecule has 4 aromatic heterocycles. The Morgan fingerprint density at radius 1 is 0.386 bits per heavy atom. The summed E-state index contributed by atoms with van der Waals surface area (Å²) in [6.07, 6.45) is 0. The predicted octanol–water partition coefficient (Wildman–Crippen LogP) is 21.2. The maximum absolute atomic E-state index is 7.33. The van der Waals surface area contributed by atoms with Crippen LogP contribution in [-0.2, 0) is 0 Å². The van der Waals surface area contributed by atoms with Crippen LogP contribution in [0.2, 0.25) is 0 Å². The van der Waals surface area contributed by atoms with Gasteiger partial charge in [-0.15, -0.1) is 0 Å². The first kappa shape index (κ1) is 51.5. The van der Waals surface area contributed by atoms with Gasteiger partial charge in [0.25, 0.3) is 0 Å². The molecule has 7 heteroatoms. The van der Waals surface area contributed by atoms with E-state index in [-0.39, 0.29) is 23.7 Å². The predicted molar refractivity (Wildman–Crippen MR) is 345 cm³/mol. The first-order valence-corrected chi connectivity index (χ1v) is 29.3. The van der Waals surface area contributed by atoms with Crippen molar-refractivity contribution in [3.63, 3.8) is 0 Å². The lowest BCUT2D eigenvalue weighted by atomic mass is 9.88. The Morgan fingerprint density at radius 2 is 0.892 bits per heavy atom. The zero-order valence-electron chi connectivity index (χ0n) is 48.5. The number of nitrogens with zero attached hydrogens (tertiary/aromatic N) is 5. The Kier molecular flexibility index (Phi) is 12.7. The highest BCUT2D eigenvalue weighted by atomic mass is 16.5. The number of rotatable bonds is 12. The van der Waals surface area contributed by atoms with Crippen molar-refractivity contribution < 1.29 is 9.15 Å². The molecular formula is C76H65N5O2. The number of hydrogen-bond acceptors (Lipinski definition) is 5. The number of imidazole rings is 2. The third kappa shape index (κ3) is 8.76. The SMILES string of the molecule is Cc1nc2oc3c(-c4nc5ccccc5n4-c4c(C(C)C)cc(-c5ccccc5)cc4C(C)C)cc(Oc4cccc(-c5nc6ccccc6n5-c5c(C(C)C)cc(-c6ccccc6)cc5C(C)C)c4)cc3c2c2c1ccc1ccccc12. The van der Waals surface area contributed by atoms with Crippen LogP contribution in [0, 0.1) is 6.92 Å². The summed E-state index contributed by atoms with van der Waals surface area (Å²) in [4.78, 5) is 16.3. The van der Waals surface area contributed by atoms with Crippen molar-refractivity contribution >= 4 is 65.7 Å². The van der Waals surface area contributed by atoms with E-state index in [1.54, 1.807) is 0 Å². The van der Waals surface area contributed by atoms with Gasteiger partial charge in [-0.25, -0.2) is 15.0 Å². The lowest BCUT2D eigenvalue weighted by molar-refractivity contribution is 0.483. The van der Waals surface area contributed by atoms with Crippen LogP contribution in [0.5, 0.6) is 11.5 Å². The van der Waals surface area contributed by atoms with E-state index in [1.165, 1.54) is 50.2 Å². The number of para-hydroxylation sites is 4. The van der Waals surface area contributed by atoms with E-state index in [0.29, 0.717) is 22.8 Å². The summed E-state index contributed by atoms with van der Waals surface area (Å²) in [6, 6.07) is 73.7. The van der Waals surface area contributed by atoms with Crippen molar-refractivity contribution in [2.45, 2.75) is 86.0 Å². The number of pyridine rings is 1. The summed E-state index contributed by atoms with van der Waals surface area (Å²) in [7, 11) is 0. The number of aromatic nitrogens is 5. The fourth-order valence-electron chi connectivity index (χ4n) is 12.7. The molecule has 0 spiro atoms. The number of furan rings is 1. The van der Waals surface area contributed by atoms with E-state index in [9.17, 15) is 0 Å². The minimum atomic E-state index is 0.177.